The van der Waals surface area contributed by atoms with Gasteiger partial charge in [0.2, 0.25) is 0 Å². The predicted molar refractivity (Wildman–Crippen MR) is 62.3 cm³/mol. The van der Waals surface area contributed by atoms with E-state index in [2.05, 4.69) is 25.7 Å². The smallest absolute Gasteiger partial charge is 0.141 e. The number of hydrogen-bond donors (Lipinski definition) is 0. The summed E-state index contributed by atoms with van der Waals surface area (Å²) >= 11 is 0. The van der Waals surface area contributed by atoms with Crippen molar-refractivity contribution in [3.63, 3.8) is 0 Å². The molecule has 0 aliphatic rings. The Balaban J connectivity index is 2.99. The molecule has 2 nitrogen and oxygen atoms in total. The summed E-state index contributed by atoms with van der Waals surface area (Å²) in [6.45, 7) is 6.82. The molecule has 0 saturated carbocycles. The first kappa shape index (κ1) is 12.7. The van der Waals surface area contributed by atoms with Crippen LogP contribution >= 0.6 is 0 Å². The molecule has 0 fully saturated rings. The van der Waals surface area contributed by atoms with Crippen molar-refractivity contribution in [3.8, 4) is 6.07 Å². The van der Waals surface area contributed by atoms with Crippen molar-refractivity contribution >= 4 is 0 Å². The maximum atomic E-state index is 13.4. The van der Waals surface area contributed by atoms with Crippen LogP contribution in [-0.2, 0) is 6.54 Å². The monoisotopic (exact) mass is 220 g/mol. The fraction of sp³-hybridized carbons (Fsp3) is 0.462. The fourth-order valence-corrected chi connectivity index (χ4v) is 1.32. The Hall–Kier alpha value is -1.40. The quantitative estimate of drug-likeness (QED) is 0.766. The Morgan fingerprint density at radius 3 is 2.50 bits per heavy atom. The Bertz CT molecular complexity index is 413. The summed E-state index contributed by atoms with van der Waals surface area (Å²) in [6.07, 6.45) is 0. The van der Waals surface area contributed by atoms with Crippen molar-refractivity contribution in [3.05, 3.63) is 35.1 Å². The molecule has 1 rings (SSSR count). The minimum atomic E-state index is -0.442. The lowest BCUT2D eigenvalue weighted by Gasteiger charge is -2.32. The Kier molecular flexibility index (Phi) is 3.66. The van der Waals surface area contributed by atoms with Crippen molar-refractivity contribution in [1.29, 1.82) is 5.26 Å². The second-order valence-electron chi connectivity index (χ2n) is 4.91. The van der Waals surface area contributed by atoms with Crippen LogP contribution in [0.4, 0.5) is 4.39 Å². The van der Waals surface area contributed by atoms with E-state index in [1.807, 2.05) is 13.1 Å². The van der Waals surface area contributed by atoms with E-state index in [-0.39, 0.29) is 11.1 Å². The molecule has 0 aliphatic heterocycles. The van der Waals surface area contributed by atoms with Crippen LogP contribution in [0.3, 0.4) is 0 Å². The number of hydrogen-bond acceptors (Lipinski definition) is 2. The van der Waals surface area contributed by atoms with Crippen LogP contribution in [0.5, 0.6) is 0 Å². The van der Waals surface area contributed by atoms with E-state index >= 15 is 0 Å². The van der Waals surface area contributed by atoms with E-state index < -0.39 is 5.82 Å². The third kappa shape index (κ3) is 2.80. The van der Waals surface area contributed by atoms with Gasteiger partial charge in [0.05, 0.1) is 5.56 Å². The molecule has 0 heterocycles. The molecule has 0 bridgehead atoms. The van der Waals surface area contributed by atoms with E-state index in [0.717, 1.165) is 5.56 Å². The van der Waals surface area contributed by atoms with Crippen molar-refractivity contribution < 1.29 is 4.39 Å². The number of nitrogens with zero attached hydrogens (tertiary/aromatic N) is 2. The van der Waals surface area contributed by atoms with Crippen LogP contribution < -0.4 is 0 Å². The van der Waals surface area contributed by atoms with Gasteiger partial charge in [0.15, 0.2) is 0 Å². The first-order valence-corrected chi connectivity index (χ1v) is 5.25. The lowest BCUT2D eigenvalue weighted by molar-refractivity contribution is 0.167. The van der Waals surface area contributed by atoms with Gasteiger partial charge < -0.3 is 0 Å². The molecule has 0 N–H and O–H groups in total. The third-order valence-corrected chi connectivity index (χ3v) is 2.76. The van der Waals surface area contributed by atoms with E-state index in [9.17, 15) is 4.39 Å². The van der Waals surface area contributed by atoms with Crippen molar-refractivity contribution in [2.45, 2.75) is 32.9 Å². The van der Waals surface area contributed by atoms with Crippen LogP contribution in [0, 0.1) is 17.1 Å². The molecule has 0 spiro atoms. The van der Waals surface area contributed by atoms with Gasteiger partial charge in [-0.15, -0.1) is 0 Å². The van der Waals surface area contributed by atoms with Gasteiger partial charge in [0.1, 0.15) is 11.9 Å². The molecule has 0 amide bonds. The first-order valence-electron chi connectivity index (χ1n) is 5.25. The summed E-state index contributed by atoms with van der Waals surface area (Å²) in [5.41, 5.74) is 0.887. The third-order valence-electron chi connectivity index (χ3n) is 2.76. The lowest BCUT2D eigenvalue weighted by atomic mass is 10.0. The minimum absolute atomic E-state index is 0.000949. The summed E-state index contributed by atoms with van der Waals surface area (Å²) in [6, 6.07) is 6.67. The highest BCUT2D eigenvalue weighted by molar-refractivity contribution is 5.38. The average molecular weight is 220 g/mol. The fourth-order valence-electron chi connectivity index (χ4n) is 1.32. The van der Waals surface area contributed by atoms with Gasteiger partial charge in [-0.3, -0.25) is 4.90 Å². The highest BCUT2D eigenvalue weighted by Gasteiger charge is 2.18. The predicted octanol–water partition coefficient (Wildman–Crippen LogP) is 2.93. The number of halogens is 1. The Labute approximate surface area is 96.3 Å². The normalized spacial score (nSPS) is 11.6. The summed E-state index contributed by atoms with van der Waals surface area (Å²) in [4.78, 5) is 2.09. The number of rotatable bonds is 2. The molecule has 3 heteroatoms. The topological polar surface area (TPSA) is 27.0 Å². The van der Waals surface area contributed by atoms with E-state index in [4.69, 9.17) is 5.26 Å². The largest absolute Gasteiger partial charge is 0.297 e. The maximum absolute atomic E-state index is 13.4. The van der Waals surface area contributed by atoms with Gasteiger partial charge in [-0.1, -0.05) is 12.1 Å². The molecular formula is C13H17FN2. The van der Waals surface area contributed by atoms with Crippen molar-refractivity contribution in [2.75, 3.05) is 7.05 Å². The standard InChI is InChI=1S/C13H17FN2/c1-13(2,3)16(4)9-10-6-5-7-12(14)11(10)8-15/h5-7H,9H2,1-4H3. The maximum Gasteiger partial charge on any atom is 0.141 e. The molecule has 0 unspecified atom stereocenters. The van der Waals surface area contributed by atoms with Crippen molar-refractivity contribution in [1.82, 2.24) is 4.90 Å². The number of nitriles is 1. The molecule has 0 aliphatic carbocycles. The SMILES string of the molecule is CN(Cc1cccc(F)c1C#N)C(C)(C)C. The molecule has 16 heavy (non-hydrogen) atoms. The lowest BCUT2D eigenvalue weighted by Crippen LogP contribution is -2.37. The van der Waals surface area contributed by atoms with Crippen LogP contribution in [-0.4, -0.2) is 17.5 Å². The molecule has 86 valence electrons. The van der Waals surface area contributed by atoms with Gasteiger partial charge in [0.25, 0.3) is 0 Å². The van der Waals surface area contributed by atoms with E-state index in [1.54, 1.807) is 12.1 Å². The molecule has 1 aromatic carbocycles. The molecule has 0 saturated heterocycles. The van der Waals surface area contributed by atoms with Gasteiger partial charge in [-0.25, -0.2) is 4.39 Å². The zero-order valence-electron chi connectivity index (χ0n) is 10.2. The van der Waals surface area contributed by atoms with E-state index in [1.165, 1.54) is 6.07 Å². The van der Waals surface area contributed by atoms with Gasteiger partial charge in [-0.05, 0) is 39.4 Å². The zero-order valence-corrected chi connectivity index (χ0v) is 10.2. The summed E-state index contributed by atoms with van der Waals surface area (Å²) in [5.74, 6) is -0.442. The second-order valence-corrected chi connectivity index (χ2v) is 4.91. The number of benzene rings is 1. The summed E-state index contributed by atoms with van der Waals surface area (Å²) in [7, 11) is 1.96. The molecule has 1 aromatic rings. The zero-order chi connectivity index (χ0) is 12.3. The molecule has 0 radical (unpaired) electrons. The van der Waals surface area contributed by atoms with Crippen molar-refractivity contribution in [2.24, 2.45) is 0 Å². The first-order chi connectivity index (χ1) is 7.36. The highest BCUT2D eigenvalue weighted by Crippen LogP contribution is 2.18. The Morgan fingerprint density at radius 2 is 2.00 bits per heavy atom. The minimum Gasteiger partial charge on any atom is -0.297 e. The highest BCUT2D eigenvalue weighted by atomic mass is 19.1. The van der Waals surface area contributed by atoms with Crippen LogP contribution in [0.2, 0.25) is 0 Å². The van der Waals surface area contributed by atoms with Gasteiger partial charge in [-0.2, -0.15) is 5.26 Å². The second kappa shape index (κ2) is 4.63. The van der Waals surface area contributed by atoms with Gasteiger partial charge >= 0.3 is 0 Å². The van der Waals surface area contributed by atoms with Crippen LogP contribution in [0.15, 0.2) is 18.2 Å². The molecule has 0 aromatic heterocycles. The van der Waals surface area contributed by atoms with Crippen LogP contribution in [0.1, 0.15) is 31.9 Å². The summed E-state index contributed by atoms with van der Waals surface area (Å²) < 4.78 is 13.4. The Morgan fingerprint density at radius 1 is 1.38 bits per heavy atom. The van der Waals surface area contributed by atoms with Gasteiger partial charge in [0, 0.05) is 12.1 Å². The average Bonchev–Trinajstić information content (AvgIpc) is 2.16. The summed E-state index contributed by atoms with van der Waals surface area (Å²) in [5, 5.41) is 8.91. The molecular weight excluding hydrogens is 203 g/mol. The molecule has 0 atom stereocenters. The van der Waals surface area contributed by atoms with E-state index in [0.29, 0.717) is 6.54 Å². The van der Waals surface area contributed by atoms with Crippen LogP contribution in [0.25, 0.3) is 0 Å².